The van der Waals surface area contributed by atoms with Crippen LogP contribution in [0, 0.1) is 0 Å². The molecule has 0 spiro atoms. The summed E-state index contributed by atoms with van der Waals surface area (Å²) in [4.78, 5) is 28.3. The highest BCUT2D eigenvalue weighted by Crippen LogP contribution is 2.27. The van der Waals surface area contributed by atoms with Gasteiger partial charge in [-0.15, -0.1) is 0 Å². The Labute approximate surface area is 238 Å². The Balaban J connectivity index is 1.99. The SMILES string of the molecule is CCCCNC(=O)[C@H](C)N(Cc1cccc(Cl)c1)C(=O)CN(c1cccc(Br)c1)S(=O)(=O)c1ccccc1. The van der Waals surface area contributed by atoms with Gasteiger partial charge in [-0.1, -0.05) is 77.3 Å². The molecule has 3 rings (SSSR count). The maximum Gasteiger partial charge on any atom is 0.264 e. The average Bonchev–Trinajstić information content (AvgIpc) is 2.90. The number of sulfonamides is 1. The number of hydrogen-bond donors (Lipinski definition) is 1. The maximum absolute atomic E-state index is 13.9. The molecule has 0 fully saturated rings. The highest BCUT2D eigenvalue weighted by Gasteiger charge is 2.32. The van der Waals surface area contributed by atoms with Crippen molar-refractivity contribution in [2.24, 2.45) is 0 Å². The standard InChI is InChI=1S/C28H31BrClN3O4S/c1-3-4-16-31-28(35)21(2)32(19-22-10-8-12-24(30)17-22)27(34)20-33(25-13-9-11-23(29)18-25)38(36,37)26-14-6-5-7-15-26/h5-15,17-18,21H,3-4,16,19-20H2,1-2H3,(H,31,35)/t21-/m0/s1. The van der Waals surface area contributed by atoms with Crippen LogP contribution in [0.4, 0.5) is 5.69 Å². The van der Waals surface area contributed by atoms with Gasteiger partial charge < -0.3 is 10.2 Å². The molecule has 0 saturated heterocycles. The molecule has 0 aliphatic rings. The number of amides is 2. The molecule has 0 saturated carbocycles. The number of unbranched alkanes of at least 4 members (excludes halogenated alkanes) is 1. The van der Waals surface area contributed by atoms with Crippen molar-refractivity contribution < 1.29 is 18.0 Å². The second-order valence-electron chi connectivity index (χ2n) is 8.78. The molecular weight excluding hydrogens is 590 g/mol. The quantitative estimate of drug-likeness (QED) is 0.266. The van der Waals surface area contributed by atoms with E-state index >= 15 is 0 Å². The highest BCUT2D eigenvalue weighted by molar-refractivity contribution is 9.10. The van der Waals surface area contributed by atoms with E-state index in [4.69, 9.17) is 11.6 Å². The van der Waals surface area contributed by atoms with Crippen LogP contribution in [0.25, 0.3) is 0 Å². The van der Waals surface area contributed by atoms with Crippen LogP contribution >= 0.6 is 27.5 Å². The largest absolute Gasteiger partial charge is 0.354 e. The van der Waals surface area contributed by atoms with Crippen molar-refractivity contribution >= 4 is 55.1 Å². The first-order valence-electron chi connectivity index (χ1n) is 12.3. The number of anilines is 1. The van der Waals surface area contributed by atoms with Gasteiger partial charge in [-0.05, 0) is 61.4 Å². The zero-order valence-electron chi connectivity index (χ0n) is 21.3. The van der Waals surface area contributed by atoms with Crippen molar-refractivity contribution in [2.45, 2.75) is 44.2 Å². The summed E-state index contributed by atoms with van der Waals surface area (Å²) in [7, 11) is -4.10. The number of halogens is 2. The van der Waals surface area contributed by atoms with Crippen molar-refractivity contribution in [3.05, 3.63) is 93.9 Å². The topological polar surface area (TPSA) is 86.8 Å². The van der Waals surface area contributed by atoms with E-state index in [0.717, 1.165) is 22.7 Å². The van der Waals surface area contributed by atoms with Crippen molar-refractivity contribution in [3.63, 3.8) is 0 Å². The molecule has 0 aliphatic heterocycles. The summed E-state index contributed by atoms with van der Waals surface area (Å²) >= 11 is 9.56. The number of rotatable bonds is 12. The fourth-order valence-electron chi connectivity index (χ4n) is 3.83. The Morgan fingerprint density at radius 2 is 1.71 bits per heavy atom. The molecule has 3 aromatic carbocycles. The van der Waals surface area contributed by atoms with Gasteiger partial charge in [0.25, 0.3) is 10.0 Å². The number of carbonyl (C=O) groups excluding carboxylic acids is 2. The number of carbonyl (C=O) groups is 2. The lowest BCUT2D eigenvalue weighted by molar-refractivity contribution is -0.139. The predicted octanol–water partition coefficient (Wildman–Crippen LogP) is 5.63. The predicted molar refractivity (Wildman–Crippen MR) is 154 cm³/mol. The van der Waals surface area contributed by atoms with Crippen LogP contribution in [-0.2, 0) is 26.2 Å². The first-order chi connectivity index (χ1) is 18.1. The summed E-state index contributed by atoms with van der Waals surface area (Å²) in [5, 5.41) is 3.37. The summed E-state index contributed by atoms with van der Waals surface area (Å²) in [5.41, 5.74) is 1.04. The van der Waals surface area contributed by atoms with Gasteiger partial charge in [0.05, 0.1) is 10.6 Å². The molecule has 0 unspecified atom stereocenters. The molecule has 2 amide bonds. The Hall–Kier alpha value is -2.88. The van der Waals surface area contributed by atoms with E-state index in [9.17, 15) is 18.0 Å². The van der Waals surface area contributed by atoms with Crippen LogP contribution in [-0.4, -0.2) is 44.3 Å². The Morgan fingerprint density at radius 1 is 1.00 bits per heavy atom. The Bertz CT molecular complexity index is 1350. The van der Waals surface area contributed by atoms with Gasteiger partial charge in [-0.25, -0.2) is 8.42 Å². The zero-order valence-corrected chi connectivity index (χ0v) is 24.5. The monoisotopic (exact) mass is 619 g/mol. The molecule has 202 valence electrons. The molecule has 0 bridgehead atoms. The van der Waals surface area contributed by atoms with Crippen LogP contribution in [0.5, 0.6) is 0 Å². The Morgan fingerprint density at radius 3 is 2.37 bits per heavy atom. The van der Waals surface area contributed by atoms with E-state index in [1.165, 1.54) is 17.0 Å². The van der Waals surface area contributed by atoms with Crippen molar-refractivity contribution in [2.75, 3.05) is 17.4 Å². The summed E-state index contributed by atoms with van der Waals surface area (Å²) in [5.74, 6) is -0.837. The first-order valence-corrected chi connectivity index (χ1v) is 14.9. The molecule has 3 aromatic rings. The molecule has 0 radical (unpaired) electrons. The van der Waals surface area contributed by atoms with Crippen LogP contribution in [0.3, 0.4) is 0 Å². The van der Waals surface area contributed by atoms with E-state index < -0.39 is 28.5 Å². The molecular formula is C28H31BrClN3O4S. The summed E-state index contributed by atoms with van der Waals surface area (Å²) in [6.07, 6.45) is 1.73. The van der Waals surface area contributed by atoms with Crippen molar-refractivity contribution in [1.82, 2.24) is 10.2 Å². The van der Waals surface area contributed by atoms with Crippen LogP contribution in [0.2, 0.25) is 5.02 Å². The zero-order chi connectivity index (χ0) is 27.7. The summed E-state index contributed by atoms with van der Waals surface area (Å²) in [6, 6.07) is 20.8. The van der Waals surface area contributed by atoms with Gasteiger partial charge in [0.2, 0.25) is 11.8 Å². The van der Waals surface area contributed by atoms with Gasteiger partial charge in [0.15, 0.2) is 0 Å². The first kappa shape index (κ1) is 29.7. The molecule has 1 N–H and O–H groups in total. The summed E-state index contributed by atoms with van der Waals surface area (Å²) < 4.78 is 29.2. The van der Waals surface area contributed by atoms with E-state index in [0.29, 0.717) is 21.7 Å². The van der Waals surface area contributed by atoms with Crippen LogP contribution < -0.4 is 9.62 Å². The number of benzene rings is 3. The third kappa shape index (κ3) is 7.82. The van der Waals surface area contributed by atoms with Gasteiger partial charge in [-0.2, -0.15) is 0 Å². The van der Waals surface area contributed by atoms with Gasteiger partial charge in [-0.3, -0.25) is 13.9 Å². The van der Waals surface area contributed by atoms with Crippen molar-refractivity contribution in [1.29, 1.82) is 0 Å². The van der Waals surface area contributed by atoms with E-state index in [1.54, 1.807) is 73.7 Å². The average molecular weight is 621 g/mol. The lowest BCUT2D eigenvalue weighted by atomic mass is 10.1. The second-order valence-corrected chi connectivity index (χ2v) is 12.0. The maximum atomic E-state index is 13.9. The minimum Gasteiger partial charge on any atom is -0.354 e. The van der Waals surface area contributed by atoms with Gasteiger partial charge >= 0.3 is 0 Å². The molecule has 0 aromatic heterocycles. The molecule has 1 atom stereocenters. The Kier molecular flexibility index (Phi) is 10.8. The summed E-state index contributed by atoms with van der Waals surface area (Å²) in [6.45, 7) is 3.73. The molecule has 38 heavy (non-hydrogen) atoms. The van der Waals surface area contributed by atoms with Crippen molar-refractivity contribution in [3.8, 4) is 0 Å². The smallest absolute Gasteiger partial charge is 0.264 e. The lowest BCUT2D eigenvalue weighted by Gasteiger charge is -2.32. The molecule has 0 heterocycles. The second kappa shape index (κ2) is 13.8. The number of hydrogen-bond acceptors (Lipinski definition) is 4. The number of nitrogens with one attached hydrogen (secondary N) is 1. The normalized spacial score (nSPS) is 12.0. The fraction of sp³-hybridized carbons (Fsp3) is 0.286. The van der Waals surface area contributed by atoms with Gasteiger partial charge in [0.1, 0.15) is 12.6 Å². The molecule has 7 nitrogen and oxygen atoms in total. The molecule has 0 aliphatic carbocycles. The molecule has 10 heteroatoms. The van der Waals surface area contributed by atoms with E-state index in [2.05, 4.69) is 21.2 Å². The van der Waals surface area contributed by atoms with Gasteiger partial charge in [0, 0.05) is 22.6 Å². The minimum atomic E-state index is -4.10. The lowest BCUT2D eigenvalue weighted by Crippen LogP contribution is -2.51. The number of nitrogens with zero attached hydrogens (tertiary/aromatic N) is 2. The minimum absolute atomic E-state index is 0.0551. The third-order valence-electron chi connectivity index (χ3n) is 5.95. The van der Waals surface area contributed by atoms with Crippen LogP contribution in [0.1, 0.15) is 32.3 Å². The highest BCUT2D eigenvalue weighted by atomic mass is 79.9. The van der Waals surface area contributed by atoms with Crippen LogP contribution in [0.15, 0.2) is 88.2 Å². The third-order valence-corrected chi connectivity index (χ3v) is 8.46. The fourth-order valence-corrected chi connectivity index (χ4v) is 5.86. The van der Waals surface area contributed by atoms with E-state index in [1.807, 2.05) is 6.92 Å². The van der Waals surface area contributed by atoms with E-state index in [-0.39, 0.29) is 17.3 Å².